The summed E-state index contributed by atoms with van der Waals surface area (Å²) in [7, 11) is 0. The Morgan fingerprint density at radius 3 is 2.74 bits per heavy atom. The molecule has 0 aromatic heterocycles. The van der Waals surface area contributed by atoms with E-state index in [4.69, 9.17) is 4.74 Å². The molecule has 2 unspecified atom stereocenters. The van der Waals surface area contributed by atoms with Crippen LogP contribution >= 0.6 is 15.9 Å². The Morgan fingerprint density at radius 1 is 1.16 bits per heavy atom. The molecule has 98 valence electrons. The molecule has 0 bridgehead atoms. The highest BCUT2D eigenvalue weighted by Gasteiger charge is 2.29. The first kappa shape index (κ1) is 12.6. The quantitative estimate of drug-likeness (QED) is 0.854. The summed E-state index contributed by atoms with van der Waals surface area (Å²) >= 11 is 3.48. The number of fused-ring (bicyclic) bond motifs is 1. The summed E-state index contributed by atoms with van der Waals surface area (Å²) in [5.41, 5.74) is 1.50. The summed E-state index contributed by atoms with van der Waals surface area (Å²) in [4.78, 5) is 0. The summed E-state index contributed by atoms with van der Waals surface area (Å²) in [5.74, 6) is 0.182. The lowest BCUT2D eigenvalue weighted by atomic mass is 9.95. The van der Waals surface area contributed by atoms with Gasteiger partial charge in [-0.3, -0.25) is 0 Å². The first-order valence-electron chi connectivity index (χ1n) is 6.04. The molecule has 0 fully saturated rings. The van der Waals surface area contributed by atoms with Gasteiger partial charge in [-0.15, -0.1) is 0 Å². The standard InChI is InChI=1S/C15H12BrFO2/c16-12-4-2-1-3-10(12)15-8-13(18)11-7-9(17)5-6-14(11)19-15/h1-7,13,15,18H,8H2. The molecule has 1 N–H and O–H groups in total. The average molecular weight is 323 g/mol. The van der Waals surface area contributed by atoms with E-state index in [1.54, 1.807) is 6.07 Å². The van der Waals surface area contributed by atoms with Gasteiger partial charge in [-0.1, -0.05) is 34.1 Å². The summed E-state index contributed by atoms with van der Waals surface area (Å²) in [6, 6.07) is 12.0. The molecule has 19 heavy (non-hydrogen) atoms. The Labute approximate surface area is 119 Å². The van der Waals surface area contributed by atoms with Gasteiger partial charge in [-0.05, 0) is 24.3 Å². The monoisotopic (exact) mass is 322 g/mol. The van der Waals surface area contributed by atoms with Crippen molar-refractivity contribution in [2.45, 2.75) is 18.6 Å². The molecule has 0 aliphatic carbocycles. The number of hydrogen-bond donors (Lipinski definition) is 1. The van der Waals surface area contributed by atoms with Gasteiger partial charge >= 0.3 is 0 Å². The summed E-state index contributed by atoms with van der Waals surface area (Å²) in [5, 5.41) is 10.1. The van der Waals surface area contributed by atoms with E-state index in [2.05, 4.69) is 15.9 Å². The van der Waals surface area contributed by atoms with Gasteiger partial charge in [0.2, 0.25) is 0 Å². The van der Waals surface area contributed by atoms with Crippen LogP contribution in [0.2, 0.25) is 0 Å². The zero-order valence-corrected chi connectivity index (χ0v) is 11.6. The van der Waals surface area contributed by atoms with Crippen molar-refractivity contribution in [1.29, 1.82) is 0 Å². The lowest BCUT2D eigenvalue weighted by molar-refractivity contribution is 0.0650. The van der Waals surface area contributed by atoms with E-state index >= 15 is 0 Å². The fourth-order valence-corrected chi connectivity index (χ4v) is 2.88. The van der Waals surface area contributed by atoms with E-state index in [9.17, 15) is 9.50 Å². The number of aliphatic hydroxyl groups is 1. The van der Waals surface area contributed by atoms with Crippen LogP contribution in [0.15, 0.2) is 46.9 Å². The fraction of sp³-hybridized carbons (Fsp3) is 0.200. The van der Waals surface area contributed by atoms with Crippen LogP contribution in [-0.2, 0) is 0 Å². The fourth-order valence-electron chi connectivity index (χ4n) is 2.34. The van der Waals surface area contributed by atoms with Crippen molar-refractivity contribution in [2.75, 3.05) is 0 Å². The van der Waals surface area contributed by atoms with Crippen LogP contribution in [0.3, 0.4) is 0 Å². The normalized spacial score (nSPS) is 21.6. The lowest BCUT2D eigenvalue weighted by Crippen LogP contribution is -2.19. The van der Waals surface area contributed by atoms with Gasteiger partial charge in [0, 0.05) is 22.0 Å². The first-order chi connectivity index (χ1) is 9.15. The second-order valence-corrected chi connectivity index (χ2v) is 5.42. The number of halogens is 2. The molecule has 2 aromatic carbocycles. The SMILES string of the molecule is OC1CC(c2ccccc2Br)Oc2ccc(F)cc21. The maximum atomic E-state index is 13.2. The minimum atomic E-state index is -0.712. The van der Waals surface area contributed by atoms with E-state index in [0.717, 1.165) is 10.0 Å². The molecule has 0 saturated heterocycles. The number of benzene rings is 2. The van der Waals surface area contributed by atoms with Gasteiger partial charge in [0.25, 0.3) is 0 Å². The Hall–Kier alpha value is -1.39. The molecule has 2 atom stereocenters. The number of rotatable bonds is 1. The van der Waals surface area contributed by atoms with E-state index in [-0.39, 0.29) is 11.9 Å². The topological polar surface area (TPSA) is 29.5 Å². The number of hydrogen-bond acceptors (Lipinski definition) is 2. The lowest BCUT2D eigenvalue weighted by Gasteiger charge is -2.30. The predicted molar refractivity (Wildman–Crippen MR) is 73.5 cm³/mol. The van der Waals surface area contributed by atoms with Crippen molar-refractivity contribution < 1.29 is 14.2 Å². The van der Waals surface area contributed by atoms with Crippen molar-refractivity contribution >= 4 is 15.9 Å². The van der Waals surface area contributed by atoms with E-state index in [1.165, 1.54) is 12.1 Å². The molecule has 0 spiro atoms. The molecule has 1 heterocycles. The highest BCUT2D eigenvalue weighted by atomic mass is 79.9. The zero-order valence-electron chi connectivity index (χ0n) is 10.0. The molecular formula is C15H12BrFO2. The molecule has 1 aliphatic rings. The second-order valence-electron chi connectivity index (χ2n) is 4.56. The van der Waals surface area contributed by atoms with Crippen molar-refractivity contribution in [3.63, 3.8) is 0 Å². The molecule has 0 amide bonds. The minimum Gasteiger partial charge on any atom is -0.485 e. The number of aliphatic hydroxyl groups excluding tert-OH is 1. The molecule has 4 heteroatoms. The molecule has 2 nitrogen and oxygen atoms in total. The molecule has 0 radical (unpaired) electrons. The third kappa shape index (κ3) is 2.38. The van der Waals surface area contributed by atoms with Gasteiger partial charge in [0.15, 0.2) is 0 Å². The Morgan fingerprint density at radius 2 is 1.95 bits per heavy atom. The van der Waals surface area contributed by atoms with Crippen LogP contribution in [0.25, 0.3) is 0 Å². The van der Waals surface area contributed by atoms with Crippen LogP contribution in [0.4, 0.5) is 4.39 Å². The van der Waals surface area contributed by atoms with Crippen LogP contribution in [-0.4, -0.2) is 5.11 Å². The smallest absolute Gasteiger partial charge is 0.128 e. The molecule has 1 aliphatic heterocycles. The zero-order chi connectivity index (χ0) is 13.4. The largest absolute Gasteiger partial charge is 0.485 e. The Kier molecular flexibility index (Phi) is 3.29. The van der Waals surface area contributed by atoms with Crippen LogP contribution in [0, 0.1) is 5.82 Å². The van der Waals surface area contributed by atoms with Gasteiger partial charge < -0.3 is 9.84 Å². The molecule has 3 rings (SSSR count). The predicted octanol–water partition coefficient (Wildman–Crippen LogP) is 4.15. The van der Waals surface area contributed by atoms with Crippen LogP contribution in [0.5, 0.6) is 5.75 Å². The van der Waals surface area contributed by atoms with E-state index in [0.29, 0.717) is 17.7 Å². The molecular weight excluding hydrogens is 311 g/mol. The summed E-state index contributed by atoms with van der Waals surface area (Å²) in [6.45, 7) is 0. The first-order valence-corrected chi connectivity index (χ1v) is 6.83. The second kappa shape index (κ2) is 4.94. The third-order valence-electron chi connectivity index (χ3n) is 3.29. The molecule has 2 aromatic rings. The average Bonchev–Trinajstić information content (AvgIpc) is 2.40. The maximum absolute atomic E-state index is 13.2. The number of ether oxygens (including phenoxy) is 1. The Balaban J connectivity index is 1.97. The summed E-state index contributed by atoms with van der Waals surface area (Å²) in [6.07, 6.45) is -0.529. The summed E-state index contributed by atoms with van der Waals surface area (Å²) < 4.78 is 20.0. The van der Waals surface area contributed by atoms with Crippen molar-refractivity contribution in [3.05, 3.63) is 63.9 Å². The minimum absolute atomic E-state index is 0.233. The van der Waals surface area contributed by atoms with E-state index < -0.39 is 6.10 Å². The van der Waals surface area contributed by atoms with Crippen molar-refractivity contribution in [3.8, 4) is 5.75 Å². The van der Waals surface area contributed by atoms with Crippen LogP contribution in [0.1, 0.15) is 29.8 Å². The van der Waals surface area contributed by atoms with Crippen LogP contribution < -0.4 is 4.74 Å². The molecule has 0 saturated carbocycles. The van der Waals surface area contributed by atoms with Gasteiger partial charge in [-0.25, -0.2) is 4.39 Å². The highest BCUT2D eigenvalue weighted by molar-refractivity contribution is 9.10. The van der Waals surface area contributed by atoms with Crippen molar-refractivity contribution in [1.82, 2.24) is 0 Å². The van der Waals surface area contributed by atoms with E-state index in [1.807, 2.05) is 24.3 Å². The van der Waals surface area contributed by atoms with Crippen molar-refractivity contribution in [2.24, 2.45) is 0 Å². The van der Waals surface area contributed by atoms with Gasteiger partial charge in [0.1, 0.15) is 17.7 Å². The maximum Gasteiger partial charge on any atom is 0.128 e. The van der Waals surface area contributed by atoms with Gasteiger partial charge in [0.05, 0.1) is 6.10 Å². The Bertz CT molecular complexity index is 615. The third-order valence-corrected chi connectivity index (χ3v) is 4.01. The highest BCUT2D eigenvalue weighted by Crippen LogP contribution is 2.42. The van der Waals surface area contributed by atoms with Gasteiger partial charge in [-0.2, -0.15) is 0 Å².